The van der Waals surface area contributed by atoms with E-state index in [-0.39, 0.29) is 11.8 Å². The zero-order chi connectivity index (χ0) is 10.3. The van der Waals surface area contributed by atoms with Crippen molar-refractivity contribution in [1.82, 2.24) is 0 Å². The molecule has 0 fully saturated rings. The van der Waals surface area contributed by atoms with Gasteiger partial charge in [-0.3, -0.25) is 0 Å². The lowest BCUT2D eigenvalue weighted by atomic mass is 10.2. The summed E-state index contributed by atoms with van der Waals surface area (Å²) in [6, 6.07) is 6.07. The van der Waals surface area contributed by atoms with E-state index in [0.29, 0.717) is 11.0 Å². The van der Waals surface area contributed by atoms with Crippen molar-refractivity contribution in [1.29, 1.82) is 0 Å². The number of furan rings is 1. The quantitative estimate of drug-likeness (QED) is 0.659. The van der Waals surface area contributed by atoms with Gasteiger partial charge >= 0.3 is 5.92 Å². The molecule has 0 aliphatic carbocycles. The highest BCUT2D eigenvalue weighted by atomic mass is 19.3. The van der Waals surface area contributed by atoms with Crippen molar-refractivity contribution in [2.24, 2.45) is 0 Å². The van der Waals surface area contributed by atoms with E-state index >= 15 is 0 Å². The first-order chi connectivity index (χ1) is 6.47. The van der Waals surface area contributed by atoms with E-state index in [4.69, 9.17) is 5.79 Å². The molecule has 2 aromatic rings. The van der Waals surface area contributed by atoms with Crippen LogP contribution in [0.2, 0.25) is 0 Å². The molecule has 2 rings (SSSR count). The van der Waals surface area contributed by atoms with E-state index in [1.54, 1.807) is 0 Å². The lowest BCUT2D eigenvalue weighted by Gasteiger charge is -2.03. The number of rotatable bonds is 1. The second-order valence-corrected chi connectivity index (χ2v) is 2.96. The standard InChI is InChI=1S/C10H8F2O/c1-10(11,12)9-6-7-4-2-3-5-8(7)13-9/h2-6H,1H3/i2D. The normalized spacial score (nSPS) is 13.3. The Hall–Kier alpha value is -1.38. The minimum absolute atomic E-state index is 0.282. The minimum Gasteiger partial charge on any atom is -0.455 e. The van der Waals surface area contributed by atoms with Gasteiger partial charge < -0.3 is 4.42 Å². The Morgan fingerprint density at radius 2 is 2.23 bits per heavy atom. The van der Waals surface area contributed by atoms with Crippen LogP contribution in [0.5, 0.6) is 0 Å². The molecule has 0 bridgehead atoms. The molecular weight excluding hydrogens is 174 g/mol. The number of alkyl halides is 2. The van der Waals surface area contributed by atoms with Crippen LogP contribution in [-0.4, -0.2) is 0 Å². The van der Waals surface area contributed by atoms with Crippen molar-refractivity contribution in [3.05, 3.63) is 36.1 Å². The molecule has 0 aliphatic heterocycles. The van der Waals surface area contributed by atoms with E-state index in [0.717, 1.165) is 6.92 Å². The van der Waals surface area contributed by atoms with Gasteiger partial charge in [0.05, 0.1) is 1.37 Å². The number of hydrogen-bond acceptors (Lipinski definition) is 1. The zero-order valence-electron chi connectivity index (χ0n) is 7.97. The number of benzene rings is 1. The van der Waals surface area contributed by atoms with Crippen LogP contribution < -0.4 is 0 Å². The van der Waals surface area contributed by atoms with Crippen LogP contribution in [0, 0.1) is 0 Å². The van der Waals surface area contributed by atoms with Crippen molar-refractivity contribution < 1.29 is 14.6 Å². The van der Waals surface area contributed by atoms with E-state index in [2.05, 4.69) is 0 Å². The van der Waals surface area contributed by atoms with Crippen molar-refractivity contribution in [2.75, 3.05) is 0 Å². The average molecular weight is 183 g/mol. The van der Waals surface area contributed by atoms with Gasteiger partial charge in [0, 0.05) is 12.3 Å². The molecule has 0 radical (unpaired) electrons. The first kappa shape index (κ1) is 7.06. The first-order valence-electron chi connectivity index (χ1n) is 4.35. The second kappa shape index (κ2) is 2.55. The van der Waals surface area contributed by atoms with E-state index in [9.17, 15) is 8.78 Å². The fourth-order valence-electron chi connectivity index (χ4n) is 1.14. The Labute approximate surface area is 75.4 Å². The summed E-state index contributed by atoms with van der Waals surface area (Å²) in [5.41, 5.74) is 0.387. The maximum Gasteiger partial charge on any atom is 0.301 e. The summed E-state index contributed by atoms with van der Waals surface area (Å²) >= 11 is 0. The van der Waals surface area contributed by atoms with Crippen LogP contribution >= 0.6 is 0 Å². The number of halogens is 2. The van der Waals surface area contributed by atoms with Crippen LogP contribution in [0.3, 0.4) is 0 Å². The third-order valence-corrected chi connectivity index (χ3v) is 1.79. The van der Waals surface area contributed by atoms with Gasteiger partial charge in [0.15, 0.2) is 5.76 Å². The largest absolute Gasteiger partial charge is 0.455 e. The Balaban J connectivity index is 2.63. The molecule has 3 heteroatoms. The molecule has 0 spiro atoms. The summed E-state index contributed by atoms with van der Waals surface area (Å²) in [5, 5.41) is 0.536. The van der Waals surface area contributed by atoms with Gasteiger partial charge in [-0.1, -0.05) is 18.2 Å². The molecule has 1 aromatic carbocycles. The highest BCUT2D eigenvalue weighted by Crippen LogP contribution is 2.31. The molecule has 1 heterocycles. The van der Waals surface area contributed by atoms with Crippen LogP contribution in [0.15, 0.2) is 34.7 Å². The molecule has 0 amide bonds. The van der Waals surface area contributed by atoms with Gasteiger partial charge in [0.25, 0.3) is 0 Å². The molecule has 0 atom stereocenters. The summed E-state index contributed by atoms with van der Waals surface area (Å²) in [4.78, 5) is 0. The Bertz CT molecular complexity index is 470. The molecule has 0 saturated carbocycles. The Morgan fingerprint density at radius 3 is 2.92 bits per heavy atom. The topological polar surface area (TPSA) is 13.1 Å². The molecule has 13 heavy (non-hydrogen) atoms. The number of fused-ring (bicyclic) bond motifs is 1. The summed E-state index contributed by atoms with van der Waals surface area (Å²) in [7, 11) is 0. The van der Waals surface area contributed by atoms with Gasteiger partial charge in [0.1, 0.15) is 5.58 Å². The average Bonchev–Trinajstić information content (AvgIpc) is 2.45. The van der Waals surface area contributed by atoms with Gasteiger partial charge in [-0.2, -0.15) is 8.78 Å². The van der Waals surface area contributed by atoms with Crippen LogP contribution in [-0.2, 0) is 5.92 Å². The highest BCUT2D eigenvalue weighted by Gasteiger charge is 2.28. The maximum atomic E-state index is 12.9. The summed E-state index contributed by atoms with van der Waals surface area (Å²) in [5.74, 6) is -3.33. The van der Waals surface area contributed by atoms with E-state index in [1.807, 2.05) is 0 Å². The number of hydrogen-bond donors (Lipinski definition) is 0. The molecule has 68 valence electrons. The molecule has 0 unspecified atom stereocenters. The van der Waals surface area contributed by atoms with Crippen LogP contribution in [0.25, 0.3) is 11.0 Å². The molecule has 0 saturated heterocycles. The highest BCUT2D eigenvalue weighted by molar-refractivity contribution is 5.77. The molecule has 0 N–H and O–H groups in total. The lowest BCUT2D eigenvalue weighted by molar-refractivity contribution is -0.00382. The second-order valence-electron chi connectivity index (χ2n) is 2.96. The number of para-hydroxylation sites is 1. The monoisotopic (exact) mass is 183 g/mol. The van der Waals surface area contributed by atoms with Crippen LogP contribution in [0.4, 0.5) is 8.78 Å². The Morgan fingerprint density at radius 1 is 1.46 bits per heavy atom. The molecular formula is C10H8F2O. The van der Waals surface area contributed by atoms with Crippen molar-refractivity contribution in [3.63, 3.8) is 0 Å². The molecule has 0 aliphatic rings. The first-order valence-corrected chi connectivity index (χ1v) is 3.85. The van der Waals surface area contributed by atoms with Crippen molar-refractivity contribution in [2.45, 2.75) is 12.8 Å². The fraction of sp³-hybridized carbons (Fsp3) is 0.200. The third kappa shape index (κ3) is 1.41. The van der Waals surface area contributed by atoms with Gasteiger partial charge in [-0.25, -0.2) is 0 Å². The van der Waals surface area contributed by atoms with Crippen molar-refractivity contribution >= 4 is 11.0 Å². The van der Waals surface area contributed by atoms with Gasteiger partial charge in [-0.15, -0.1) is 0 Å². The maximum absolute atomic E-state index is 12.9. The molecule has 1 aromatic heterocycles. The predicted octanol–water partition coefficient (Wildman–Crippen LogP) is 3.54. The minimum atomic E-state index is -2.97. The van der Waals surface area contributed by atoms with Crippen LogP contribution in [0.1, 0.15) is 14.1 Å². The SMILES string of the molecule is [2H]c1ccc2oc(C(C)(F)F)cc2c1. The lowest BCUT2D eigenvalue weighted by Crippen LogP contribution is -2.04. The van der Waals surface area contributed by atoms with E-state index in [1.165, 1.54) is 24.3 Å². The van der Waals surface area contributed by atoms with Gasteiger partial charge in [0.2, 0.25) is 0 Å². The van der Waals surface area contributed by atoms with E-state index < -0.39 is 5.92 Å². The summed E-state index contributed by atoms with van der Waals surface area (Å²) in [6.45, 7) is 0.784. The zero-order valence-corrected chi connectivity index (χ0v) is 6.97. The fourth-order valence-corrected chi connectivity index (χ4v) is 1.14. The summed E-state index contributed by atoms with van der Waals surface area (Å²) < 4.78 is 38.0. The van der Waals surface area contributed by atoms with Crippen molar-refractivity contribution in [3.8, 4) is 0 Å². The summed E-state index contributed by atoms with van der Waals surface area (Å²) in [6.07, 6.45) is 0. The smallest absolute Gasteiger partial charge is 0.301 e. The molecule has 1 nitrogen and oxygen atoms in total. The van der Waals surface area contributed by atoms with Gasteiger partial charge in [-0.05, 0) is 12.1 Å². The Kier molecular flexibility index (Phi) is 1.39. The predicted molar refractivity (Wildman–Crippen MR) is 45.8 cm³/mol. The third-order valence-electron chi connectivity index (χ3n) is 1.79.